The van der Waals surface area contributed by atoms with Crippen LogP contribution in [0.4, 0.5) is 10.5 Å². The number of nitriles is 1. The Bertz CT molecular complexity index is 549. The zero-order valence-corrected chi connectivity index (χ0v) is 13.0. The van der Waals surface area contributed by atoms with Gasteiger partial charge in [-0.2, -0.15) is 5.26 Å². The second-order valence-electron chi connectivity index (χ2n) is 6.39. The Balaban J connectivity index is 2.99. The normalized spacial score (nSPS) is 11.7. The first-order valence-electron chi connectivity index (χ1n) is 6.57. The standard InChI is InChI=1S/C16H22N2O2/c1-11-7-8-12(16(5,6)10-17)9-13(11)18-14(19)20-15(2,3)4/h7-9H,1-6H3,(H,18,19). The number of carbonyl (C=O) groups excluding carboxylic acids is 1. The summed E-state index contributed by atoms with van der Waals surface area (Å²) in [6.45, 7) is 11.0. The maximum absolute atomic E-state index is 11.8. The van der Waals surface area contributed by atoms with Crippen LogP contribution >= 0.6 is 0 Å². The van der Waals surface area contributed by atoms with Gasteiger partial charge in [0.25, 0.3) is 0 Å². The van der Waals surface area contributed by atoms with E-state index in [-0.39, 0.29) is 0 Å². The van der Waals surface area contributed by atoms with Gasteiger partial charge < -0.3 is 4.74 Å². The summed E-state index contributed by atoms with van der Waals surface area (Å²) in [5.41, 5.74) is 1.31. The van der Waals surface area contributed by atoms with E-state index in [9.17, 15) is 10.1 Å². The average Bonchev–Trinajstić information content (AvgIpc) is 2.29. The SMILES string of the molecule is Cc1ccc(C(C)(C)C#N)cc1NC(=O)OC(C)(C)C. The molecule has 0 aliphatic heterocycles. The minimum absolute atomic E-state index is 0.493. The van der Waals surface area contributed by atoms with E-state index in [1.165, 1.54) is 0 Å². The average molecular weight is 274 g/mol. The van der Waals surface area contributed by atoms with Crippen molar-refractivity contribution in [1.82, 2.24) is 0 Å². The zero-order chi connectivity index (χ0) is 15.6. The fourth-order valence-corrected chi connectivity index (χ4v) is 1.62. The van der Waals surface area contributed by atoms with Crippen LogP contribution in [0, 0.1) is 18.3 Å². The van der Waals surface area contributed by atoms with Gasteiger partial charge in [-0.25, -0.2) is 4.79 Å². The van der Waals surface area contributed by atoms with E-state index in [1.807, 2.05) is 59.7 Å². The highest BCUT2D eigenvalue weighted by molar-refractivity contribution is 5.86. The van der Waals surface area contributed by atoms with E-state index in [1.54, 1.807) is 0 Å². The number of nitrogens with one attached hydrogen (secondary N) is 1. The van der Waals surface area contributed by atoms with Crippen molar-refractivity contribution in [1.29, 1.82) is 5.26 Å². The lowest BCUT2D eigenvalue weighted by molar-refractivity contribution is 0.0636. The third-order valence-corrected chi connectivity index (χ3v) is 2.87. The van der Waals surface area contributed by atoms with E-state index in [0.29, 0.717) is 5.69 Å². The van der Waals surface area contributed by atoms with Crippen LogP contribution in [0.15, 0.2) is 18.2 Å². The Kier molecular flexibility index (Phi) is 4.44. The largest absolute Gasteiger partial charge is 0.444 e. The van der Waals surface area contributed by atoms with Gasteiger partial charge in [0.05, 0.1) is 11.5 Å². The van der Waals surface area contributed by atoms with Crippen molar-refractivity contribution in [3.63, 3.8) is 0 Å². The number of benzene rings is 1. The number of anilines is 1. The van der Waals surface area contributed by atoms with Crippen LogP contribution in [0.5, 0.6) is 0 Å². The number of amides is 1. The quantitative estimate of drug-likeness (QED) is 0.881. The third kappa shape index (κ3) is 4.27. The van der Waals surface area contributed by atoms with Crippen LogP contribution in [0.2, 0.25) is 0 Å². The number of rotatable bonds is 2. The maximum atomic E-state index is 11.8. The lowest BCUT2D eigenvalue weighted by atomic mass is 9.85. The molecule has 20 heavy (non-hydrogen) atoms. The highest BCUT2D eigenvalue weighted by atomic mass is 16.6. The molecule has 0 aromatic heterocycles. The van der Waals surface area contributed by atoms with Gasteiger partial charge in [-0.1, -0.05) is 12.1 Å². The summed E-state index contributed by atoms with van der Waals surface area (Å²) in [5.74, 6) is 0. The fraction of sp³-hybridized carbons (Fsp3) is 0.500. The molecule has 0 unspecified atom stereocenters. The van der Waals surface area contributed by atoms with Gasteiger partial charge in [-0.3, -0.25) is 5.32 Å². The summed E-state index contributed by atoms with van der Waals surface area (Å²) in [6.07, 6.45) is -0.493. The van der Waals surface area contributed by atoms with Gasteiger partial charge in [0.1, 0.15) is 5.60 Å². The molecule has 0 saturated carbocycles. The first kappa shape index (κ1) is 16.0. The summed E-state index contributed by atoms with van der Waals surface area (Å²) in [7, 11) is 0. The van der Waals surface area contributed by atoms with Crippen LogP contribution in [0.1, 0.15) is 45.7 Å². The zero-order valence-electron chi connectivity index (χ0n) is 13.0. The smallest absolute Gasteiger partial charge is 0.412 e. The number of carbonyl (C=O) groups is 1. The molecule has 1 aromatic carbocycles. The number of nitrogens with zero attached hydrogens (tertiary/aromatic N) is 1. The lowest BCUT2D eigenvalue weighted by Crippen LogP contribution is -2.27. The van der Waals surface area contributed by atoms with Crippen molar-refractivity contribution >= 4 is 11.8 Å². The second-order valence-corrected chi connectivity index (χ2v) is 6.39. The van der Waals surface area contributed by atoms with Gasteiger partial charge >= 0.3 is 6.09 Å². The van der Waals surface area contributed by atoms with Gasteiger partial charge in [-0.15, -0.1) is 0 Å². The van der Waals surface area contributed by atoms with Gasteiger partial charge in [0.15, 0.2) is 0 Å². The van der Waals surface area contributed by atoms with E-state index < -0.39 is 17.1 Å². The topological polar surface area (TPSA) is 62.1 Å². The summed E-state index contributed by atoms with van der Waals surface area (Å²) in [4.78, 5) is 11.8. The Labute approximate surface area is 120 Å². The molecule has 4 nitrogen and oxygen atoms in total. The monoisotopic (exact) mass is 274 g/mol. The summed E-state index contributed by atoms with van der Waals surface area (Å²) in [5, 5.41) is 11.9. The van der Waals surface area contributed by atoms with Gasteiger partial charge in [0.2, 0.25) is 0 Å². The highest BCUT2D eigenvalue weighted by Gasteiger charge is 2.22. The van der Waals surface area contributed by atoms with E-state index in [2.05, 4.69) is 11.4 Å². The first-order valence-corrected chi connectivity index (χ1v) is 6.57. The molecule has 108 valence electrons. The van der Waals surface area contributed by atoms with Gasteiger partial charge in [-0.05, 0) is 58.7 Å². The fourth-order valence-electron chi connectivity index (χ4n) is 1.62. The first-order chi connectivity index (χ1) is 9.05. The number of hydrogen-bond donors (Lipinski definition) is 1. The second kappa shape index (κ2) is 5.54. The molecule has 0 spiro atoms. The molecule has 1 aromatic rings. The van der Waals surface area contributed by atoms with Crippen molar-refractivity contribution in [3.05, 3.63) is 29.3 Å². The molecule has 0 atom stereocenters. The van der Waals surface area contributed by atoms with Crippen LogP contribution in [-0.2, 0) is 10.2 Å². The molecule has 0 fully saturated rings. The summed E-state index contributed by atoms with van der Waals surface area (Å²) in [6, 6.07) is 7.87. The molecule has 1 N–H and O–H groups in total. The highest BCUT2D eigenvalue weighted by Crippen LogP contribution is 2.27. The molecular weight excluding hydrogens is 252 g/mol. The predicted octanol–water partition coefficient (Wildman–Crippen LogP) is 4.14. The molecule has 1 amide bonds. The van der Waals surface area contributed by atoms with Crippen LogP contribution < -0.4 is 5.32 Å². The molecule has 0 radical (unpaired) electrons. The van der Waals surface area contributed by atoms with E-state index in [0.717, 1.165) is 11.1 Å². The van der Waals surface area contributed by atoms with Gasteiger partial charge in [0, 0.05) is 5.69 Å². The van der Waals surface area contributed by atoms with Crippen molar-refractivity contribution in [2.24, 2.45) is 0 Å². The van der Waals surface area contributed by atoms with Crippen molar-refractivity contribution in [2.45, 2.75) is 52.6 Å². The van der Waals surface area contributed by atoms with Crippen LogP contribution in [0.25, 0.3) is 0 Å². The summed E-state index contributed by atoms with van der Waals surface area (Å²) < 4.78 is 5.23. The van der Waals surface area contributed by atoms with Crippen molar-refractivity contribution in [3.8, 4) is 6.07 Å². The van der Waals surface area contributed by atoms with Crippen molar-refractivity contribution in [2.75, 3.05) is 5.32 Å². The van der Waals surface area contributed by atoms with Crippen LogP contribution in [0.3, 0.4) is 0 Å². The number of hydrogen-bond acceptors (Lipinski definition) is 3. The Hall–Kier alpha value is -2.02. The molecular formula is C16H22N2O2. The Morgan fingerprint density at radius 1 is 1.25 bits per heavy atom. The molecule has 0 aliphatic carbocycles. The van der Waals surface area contributed by atoms with E-state index in [4.69, 9.17) is 4.74 Å². The maximum Gasteiger partial charge on any atom is 0.412 e. The molecule has 1 rings (SSSR count). The minimum atomic E-state index is -0.599. The predicted molar refractivity (Wildman–Crippen MR) is 79.7 cm³/mol. The molecule has 4 heteroatoms. The lowest BCUT2D eigenvalue weighted by Gasteiger charge is -2.21. The van der Waals surface area contributed by atoms with Crippen LogP contribution in [-0.4, -0.2) is 11.7 Å². The third-order valence-electron chi connectivity index (χ3n) is 2.87. The number of aryl methyl sites for hydroxylation is 1. The number of ether oxygens (including phenoxy) is 1. The Morgan fingerprint density at radius 3 is 2.35 bits per heavy atom. The molecule has 0 saturated heterocycles. The molecule has 0 bridgehead atoms. The van der Waals surface area contributed by atoms with Crippen molar-refractivity contribution < 1.29 is 9.53 Å². The minimum Gasteiger partial charge on any atom is -0.444 e. The molecule has 0 aliphatic rings. The molecule has 0 heterocycles. The Morgan fingerprint density at radius 2 is 1.85 bits per heavy atom. The summed E-state index contributed by atoms with van der Waals surface area (Å²) >= 11 is 0. The van der Waals surface area contributed by atoms with E-state index >= 15 is 0 Å².